The summed E-state index contributed by atoms with van der Waals surface area (Å²) in [7, 11) is 0. The average molecular weight is 271 g/mol. The van der Waals surface area contributed by atoms with Crippen LogP contribution < -0.4 is 10.1 Å². The number of amides is 1. The van der Waals surface area contributed by atoms with Gasteiger partial charge >= 0.3 is 0 Å². The predicted octanol–water partition coefficient (Wildman–Crippen LogP) is 2.48. The number of aromatic nitrogens is 2. The average Bonchev–Trinajstić information content (AvgIpc) is 2.94. The maximum atomic E-state index is 12.4. The molecule has 0 aliphatic carbocycles. The summed E-state index contributed by atoms with van der Waals surface area (Å²) in [5, 5.41) is 9.85. The first-order chi connectivity index (χ1) is 9.78. The van der Waals surface area contributed by atoms with Gasteiger partial charge in [-0.3, -0.25) is 9.89 Å². The van der Waals surface area contributed by atoms with Crippen molar-refractivity contribution in [2.24, 2.45) is 0 Å². The molecule has 2 heterocycles. The number of aromatic amines is 1. The molecule has 2 aromatic rings. The standard InChI is InChI=1S/C15H17N3O2/c1-2-10-9-14(18-17-10)16-15(19)12-7-8-20-13-6-4-3-5-11(12)13/h3-6,9,12H,2,7-8H2,1H3,(H2,16,17,18,19). The number of H-pyrrole nitrogens is 1. The molecule has 0 bridgehead atoms. The van der Waals surface area contributed by atoms with E-state index in [1.54, 1.807) is 0 Å². The molecule has 2 N–H and O–H groups in total. The third-order valence-corrected chi connectivity index (χ3v) is 3.54. The monoisotopic (exact) mass is 271 g/mol. The second-order valence-corrected chi connectivity index (χ2v) is 4.85. The smallest absolute Gasteiger partial charge is 0.233 e. The summed E-state index contributed by atoms with van der Waals surface area (Å²) >= 11 is 0. The highest BCUT2D eigenvalue weighted by Crippen LogP contribution is 2.33. The quantitative estimate of drug-likeness (QED) is 0.901. The number of fused-ring (bicyclic) bond motifs is 1. The Bertz CT molecular complexity index is 621. The molecule has 1 aliphatic heterocycles. The fourth-order valence-electron chi connectivity index (χ4n) is 2.43. The van der Waals surface area contributed by atoms with Gasteiger partial charge in [0.05, 0.1) is 12.5 Å². The molecule has 5 nitrogen and oxygen atoms in total. The van der Waals surface area contributed by atoms with Crippen LogP contribution in [0.3, 0.4) is 0 Å². The van der Waals surface area contributed by atoms with Crippen molar-refractivity contribution >= 4 is 11.7 Å². The van der Waals surface area contributed by atoms with Gasteiger partial charge in [-0.25, -0.2) is 0 Å². The molecule has 1 atom stereocenters. The number of hydrogen-bond acceptors (Lipinski definition) is 3. The van der Waals surface area contributed by atoms with Crippen molar-refractivity contribution in [1.29, 1.82) is 0 Å². The maximum Gasteiger partial charge on any atom is 0.233 e. The van der Waals surface area contributed by atoms with Crippen molar-refractivity contribution in [3.8, 4) is 5.75 Å². The minimum atomic E-state index is -0.179. The zero-order valence-electron chi connectivity index (χ0n) is 11.3. The minimum absolute atomic E-state index is 0.0325. The Morgan fingerprint density at radius 2 is 2.35 bits per heavy atom. The minimum Gasteiger partial charge on any atom is -0.493 e. The zero-order valence-corrected chi connectivity index (χ0v) is 11.3. The molecule has 20 heavy (non-hydrogen) atoms. The molecule has 0 saturated heterocycles. The molecule has 0 radical (unpaired) electrons. The number of hydrogen-bond donors (Lipinski definition) is 2. The normalized spacial score (nSPS) is 17.1. The van der Waals surface area contributed by atoms with E-state index in [-0.39, 0.29) is 11.8 Å². The van der Waals surface area contributed by atoms with Gasteiger partial charge in [0, 0.05) is 17.3 Å². The lowest BCUT2D eigenvalue weighted by atomic mass is 9.92. The Kier molecular flexibility index (Phi) is 3.41. The van der Waals surface area contributed by atoms with Gasteiger partial charge in [-0.15, -0.1) is 0 Å². The van der Waals surface area contributed by atoms with Crippen LogP contribution >= 0.6 is 0 Å². The van der Waals surface area contributed by atoms with Gasteiger partial charge in [0.25, 0.3) is 0 Å². The molecule has 0 spiro atoms. The van der Waals surface area contributed by atoms with Crippen LogP contribution in [0, 0.1) is 0 Å². The van der Waals surface area contributed by atoms with Crippen LogP contribution in [0.4, 0.5) is 5.82 Å². The van der Waals surface area contributed by atoms with Gasteiger partial charge in [0.1, 0.15) is 5.75 Å². The van der Waals surface area contributed by atoms with Gasteiger partial charge in [-0.05, 0) is 18.9 Å². The zero-order chi connectivity index (χ0) is 13.9. The highest BCUT2D eigenvalue weighted by atomic mass is 16.5. The van der Waals surface area contributed by atoms with E-state index in [4.69, 9.17) is 4.74 Å². The lowest BCUT2D eigenvalue weighted by Gasteiger charge is -2.24. The van der Waals surface area contributed by atoms with Crippen molar-refractivity contribution in [3.63, 3.8) is 0 Å². The summed E-state index contributed by atoms with van der Waals surface area (Å²) in [4.78, 5) is 12.4. The summed E-state index contributed by atoms with van der Waals surface area (Å²) in [6.45, 7) is 2.60. The van der Waals surface area contributed by atoms with Crippen molar-refractivity contribution in [3.05, 3.63) is 41.6 Å². The fraction of sp³-hybridized carbons (Fsp3) is 0.333. The van der Waals surface area contributed by atoms with Gasteiger partial charge < -0.3 is 10.1 Å². The van der Waals surface area contributed by atoms with Crippen LogP contribution in [0.25, 0.3) is 0 Å². The van der Waals surface area contributed by atoms with Crippen LogP contribution in [0.2, 0.25) is 0 Å². The molecular weight excluding hydrogens is 254 g/mol. The number of aryl methyl sites for hydroxylation is 1. The molecular formula is C15H17N3O2. The number of anilines is 1. The van der Waals surface area contributed by atoms with Crippen molar-refractivity contribution in [2.75, 3.05) is 11.9 Å². The molecule has 0 fully saturated rings. The largest absolute Gasteiger partial charge is 0.493 e. The molecule has 3 rings (SSSR count). The van der Waals surface area contributed by atoms with Crippen molar-refractivity contribution in [1.82, 2.24) is 10.2 Å². The number of ether oxygens (including phenoxy) is 1. The predicted molar refractivity (Wildman–Crippen MR) is 75.9 cm³/mol. The summed E-state index contributed by atoms with van der Waals surface area (Å²) < 4.78 is 5.57. The highest BCUT2D eigenvalue weighted by molar-refractivity contribution is 5.95. The van der Waals surface area contributed by atoms with E-state index < -0.39 is 0 Å². The number of nitrogens with one attached hydrogen (secondary N) is 2. The Labute approximate surface area is 117 Å². The maximum absolute atomic E-state index is 12.4. The number of rotatable bonds is 3. The Morgan fingerprint density at radius 1 is 1.50 bits per heavy atom. The summed E-state index contributed by atoms with van der Waals surface area (Å²) in [5.41, 5.74) is 1.95. The molecule has 1 aliphatic rings. The summed E-state index contributed by atoms with van der Waals surface area (Å²) in [6.07, 6.45) is 1.55. The van der Waals surface area contributed by atoms with E-state index in [0.717, 1.165) is 23.4 Å². The molecule has 1 amide bonds. The topological polar surface area (TPSA) is 67.0 Å². The molecule has 0 saturated carbocycles. The first kappa shape index (κ1) is 12.7. The Hall–Kier alpha value is -2.30. The van der Waals surface area contributed by atoms with E-state index in [2.05, 4.69) is 15.5 Å². The van der Waals surface area contributed by atoms with Gasteiger partial charge in [0.15, 0.2) is 5.82 Å². The number of carbonyl (C=O) groups is 1. The van der Waals surface area contributed by atoms with Crippen molar-refractivity contribution in [2.45, 2.75) is 25.7 Å². The van der Waals surface area contributed by atoms with Crippen LogP contribution in [0.1, 0.15) is 30.5 Å². The third-order valence-electron chi connectivity index (χ3n) is 3.54. The number of nitrogens with zero attached hydrogens (tertiary/aromatic N) is 1. The summed E-state index contributed by atoms with van der Waals surface area (Å²) in [5.74, 6) is 1.17. The molecule has 5 heteroatoms. The van der Waals surface area contributed by atoms with Crippen LogP contribution in [-0.4, -0.2) is 22.7 Å². The van der Waals surface area contributed by atoms with E-state index in [9.17, 15) is 4.79 Å². The van der Waals surface area contributed by atoms with Gasteiger partial charge in [-0.2, -0.15) is 5.10 Å². The van der Waals surface area contributed by atoms with Crippen molar-refractivity contribution < 1.29 is 9.53 Å². The lowest BCUT2D eigenvalue weighted by molar-refractivity contribution is -0.118. The van der Waals surface area contributed by atoms with Gasteiger partial charge in [0.2, 0.25) is 5.91 Å². The van der Waals surface area contributed by atoms with E-state index in [1.807, 2.05) is 37.3 Å². The number of para-hydroxylation sites is 1. The number of carbonyl (C=O) groups excluding carboxylic acids is 1. The Morgan fingerprint density at radius 3 is 3.15 bits per heavy atom. The number of benzene rings is 1. The van der Waals surface area contributed by atoms with E-state index in [1.165, 1.54) is 0 Å². The van der Waals surface area contributed by atoms with Crippen LogP contribution in [-0.2, 0) is 11.2 Å². The lowest BCUT2D eigenvalue weighted by Crippen LogP contribution is -2.26. The molecule has 1 unspecified atom stereocenters. The third kappa shape index (κ3) is 2.39. The molecule has 1 aromatic heterocycles. The Balaban J connectivity index is 1.78. The SMILES string of the molecule is CCc1cc(NC(=O)C2CCOc3ccccc32)n[nH]1. The van der Waals surface area contributed by atoms with Crippen LogP contribution in [0.5, 0.6) is 5.75 Å². The molecule has 104 valence electrons. The van der Waals surface area contributed by atoms with E-state index in [0.29, 0.717) is 18.8 Å². The van der Waals surface area contributed by atoms with E-state index >= 15 is 0 Å². The first-order valence-electron chi connectivity index (χ1n) is 6.85. The van der Waals surface area contributed by atoms with Crippen LogP contribution in [0.15, 0.2) is 30.3 Å². The summed E-state index contributed by atoms with van der Waals surface area (Å²) in [6, 6.07) is 9.56. The fourth-order valence-corrected chi connectivity index (χ4v) is 2.43. The van der Waals surface area contributed by atoms with Gasteiger partial charge in [-0.1, -0.05) is 25.1 Å². The second-order valence-electron chi connectivity index (χ2n) is 4.85. The highest BCUT2D eigenvalue weighted by Gasteiger charge is 2.27. The second kappa shape index (κ2) is 5.36. The molecule has 1 aromatic carbocycles. The first-order valence-corrected chi connectivity index (χ1v) is 6.85.